The Morgan fingerprint density at radius 3 is 2.64 bits per heavy atom. The average molecular weight is 359 g/mol. The van der Waals surface area contributed by atoms with Crippen molar-refractivity contribution in [2.24, 2.45) is 0 Å². The van der Waals surface area contributed by atoms with Gasteiger partial charge in [-0.15, -0.1) is 0 Å². The largest absolute Gasteiger partial charge is 0.504 e. The zero-order chi connectivity index (χ0) is 18.1. The van der Waals surface area contributed by atoms with Crippen LogP contribution in [0.1, 0.15) is 11.1 Å². The van der Waals surface area contributed by atoms with Crippen LogP contribution in [0, 0.1) is 6.92 Å². The monoisotopic (exact) mass is 358 g/mol. The number of carbonyl (C=O) groups is 2. The zero-order valence-corrected chi connectivity index (χ0v) is 14.3. The van der Waals surface area contributed by atoms with Gasteiger partial charge in [-0.1, -0.05) is 23.7 Å². The van der Waals surface area contributed by atoms with Crippen LogP contribution in [-0.4, -0.2) is 24.0 Å². The fourth-order valence-corrected chi connectivity index (χ4v) is 2.59. The number of aryl methyl sites for hydroxylation is 1. The number of nitrogens with zero attached hydrogens (tertiary/aromatic N) is 1. The molecule has 0 unspecified atom stereocenters. The Hall–Kier alpha value is -2.99. The van der Waals surface area contributed by atoms with Crippen molar-refractivity contribution in [3.05, 3.63) is 58.1 Å². The summed E-state index contributed by atoms with van der Waals surface area (Å²) in [6, 6.07) is 9.63. The second-order valence-electron chi connectivity index (χ2n) is 5.50. The Balaban J connectivity index is 1.94. The van der Waals surface area contributed by atoms with Gasteiger partial charge in [0.05, 0.1) is 12.8 Å². The van der Waals surface area contributed by atoms with Gasteiger partial charge in [-0.2, -0.15) is 0 Å². The number of halogens is 1. The molecule has 6 nitrogen and oxygen atoms in total. The summed E-state index contributed by atoms with van der Waals surface area (Å²) in [6.07, 6.45) is 1.44. The third-order valence-corrected chi connectivity index (χ3v) is 4.23. The van der Waals surface area contributed by atoms with E-state index in [1.807, 2.05) is 6.92 Å². The van der Waals surface area contributed by atoms with E-state index in [9.17, 15) is 14.7 Å². The first-order chi connectivity index (χ1) is 11.9. The molecule has 0 spiro atoms. The first-order valence-electron chi connectivity index (χ1n) is 7.41. The molecule has 0 radical (unpaired) electrons. The second kappa shape index (κ2) is 6.49. The van der Waals surface area contributed by atoms with E-state index in [-0.39, 0.29) is 17.1 Å². The number of phenolic OH excluding ortho intramolecular Hbond substituents is 1. The van der Waals surface area contributed by atoms with E-state index >= 15 is 0 Å². The Kier molecular flexibility index (Phi) is 4.37. The number of hydrogen-bond acceptors (Lipinski definition) is 4. The third-order valence-electron chi connectivity index (χ3n) is 3.82. The topological polar surface area (TPSA) is 78.9 Å². The molecule has 0 atom stereocenters. The van der Waals surface area contributed by atoms with Gasteiger partial charge in [0, 0.05) is 5.02 Å². The molecule has 25 heavy (non-hydrogen) atoms. The molecule has 2 aromatic carbocycles. The van der Waals surface area contributed by atoms with E-state index in [1.165, 1.54) is 25.3 Å². The summed E-state index contributed by atoms with van der Waals surface area (Å²) in [4.78, 5) is 24.8. The quantitative estimate of drug-likeness (QED) is 0.653. The summed E-state index contributed by atoms with van der Waals surface area (Å²) in [5.41, 5.74) is 4.39. The highest BCUT2D eigenvalue weighted by Gasteiger charge is 2.34. The molecule has 2 aromatic rings. The molecule has 1 heterocycles. The molecule has 7 heteroatoms. The predicted molar refractivity (Wildman–Crippen MR) is 94.5 cm³/mol. The van der Waals surface area contributed by atoms with Gasteiger partial charge in [-0.3, -0.25) is 15.0 Å². The van der Waals surface area contributed by atoms with Crippen LogP contribution in [0.3, 0.4) is 0 Å². The van der Waals surface area contributed by atoms with Crippen LogP contribution in [0.5, 0.6) is 11.5 Å². The molecule has 2 N–H and O–H groups in total. The molecule has 0 aromatic heterocycles. The molecule has 2 amide bonds. The molecule has 128 valence electrons. The molecule has 0 aliphatic carbocycles. The van der Waals surface area contributed by atoms with Crippen molar-refractivity contribution in [1.82, 2.24) is 5.43 Å². The van der Waals surface area contributed by atoms with Crippen LogP contribution >= 0.6 is 11.6 Å². The molecular formula is C18H15ClN2O4. The standard InChI is InChI=1S/C18H15ClN2O4/c1-10-3-5-12(9-14(10)19)21-18(24)13(17(23)20-21)7-11-4-6-15(22)16(8-11)25-2/h3-9,22H,1-2H3,(H,20,23)/b13-7+. The zero-order valence-electron chi connectivity index (χ0n) is 13.5. The van der Waals surface area contributed by atoms with Crippen LogP contribution in [-0.2, 0) is 9.59 Å². The number of anilines is 1. The minimum atomic E-state index is -0.520. The number of methoxy groups -OCH3 is 1. The van der Waals surface area contributed by atoms with Crippen molar-refractivity contribution in [3.8, 4) is 11.5 Å². The molecular weight excluding hydrogens is 344 g/mol. The molecule has 0 saturated carbocycles. The minimum absolute atomic E-state index is 0.0237. The lowest BCUT2D eigenvalue weighted by molar-refractivity contribution is -0.117. The summed E-state index contributed by atoms with van der Waals surface area (Å²) < 4.78 is 5.03. The van der Waals surface area contributed by atoms with Gasteiger partial charge in [0.15, 0.2) is 11.5 Å². The van der Waals surface area contributed by atoms with E-state index in [0.29, 0.717) is 16.3 Å². The van der Waals surface area contributed by atoms with Gasteiger partial charge in [0.25, 0.3) is 11.8 Å². The Morgan fingerprint density at radius 1 is 1.20 bits per heavy atom. The SMILES string of the molecule is COc1cc(/C=C2\C(=O)NN(c3ccc(C)c(Cl)c3)C2=O)ccc1O. The summed E-state index contributed by atoms with van der Waals surface area (Å²) in [5, 5.41) is 11.3. The molecule has 0 bridgehead atoms. The van der Waals surface area contributed by atoms with Crippen LogP contribution in [0.4, 0.5) is 5.69 Å². The van der Waals surface area contributed by atoms with Crippen LogP contribution < -0.4 is 15.2 Å². The van der Waals surface area contributed by atoms with Crippen molar-refractivity contribution in [2.45, 2.75) is 6.92 Å². The fraction of sp³-hybridized carbons (Fsp3) is 0.111. The number of aromatic hydroxyl groups is 1. The number of ether oxygens (including phenoxy) is 1. The summed E-state index contributed by atoms with van der Waals surface area (Å²) in [7, 11) is 1.42. The van der Waals surface area contributed by atoms with Crippen molar-refractivity contribution < 1.29 is 19.4 Å². The van der Waals surface area contributed by atoms with Gasteiger partial charge in [-0.05, 0) is 48.4 Å². The van der Waals surface area contributed by atoms with Crippen LogP contribution in [0.2, 0.25) is 5.02 Å². The number of benzene rings is 2. The number of rotatable bonds is 3. The predicted octanol–water partition coefficient (Wildman–Crippen LogP) is 2.82. The summed E-state index contributed by atoms with van der Waals surface area (Å²) >= 11 is 6.09. The van der Waals surface area contributed by atoms with E-state index in [0.717, 1.165) is 10.6 Å². The van der Waals surface area contributed by atoms with E-state index in [4.69, 9.17) is 16.3 Å². The number of carbonyl (C=O) groups excluding carboxylic acids is 2. The van der Waals surface area contributed by atoms with Crippen molar-refractivity contribution in [2.75, 3.05) is 12.1 Å². The van der Waals surface area contributed by atoms with E-state index < -0.39 is 11.8 Å². The highest BCUT2D eigenvalue weighted by molar-refractivity contribution is 6.33. The molecule has 1 aliphatic heterocycles. The maximum absolute atomic E-state index is 12.6. The number of hydrogen-bond donors (Lipinski definition) is 2. The van der Waals surface area contributed by atoms with Crippen molar-refractivity contribution >= 4 is 35.2 Å². The van der Waals surface area contributed by atoms with Gasteiger partial charge in [0.2, 0.25) is 0 Å². The van der Waals surface area contributed by atoms with Gasteiger partial charge in [0.1, 0.15) is 5.57 Å². The second-order valence-corrected chi connectivity index (χ2v) is 5.91. The normalized spacial score (nSPS) is 15.6. The Bertz CT molecular complexity index is 908. The van der Waals surface area contributed by atoms with Gasteiger partial charge >= 0.3 is 0 Å². The number of hydrazine groups is 1. The molecule has 1 fully saturated rings. The average Bonchev–Trinajstić information content (AvgIpc) is 2.87. The van der Waals surface area contributed by atoms with E-state index in [1.54, 1.807) is 24.3 Å². The van der Waals surface area contributed by atoms with Gasteiger partial charge in [-0.25, -0.2) is 5.01 Å². The molecule has 1 saturated heterocycles. The maximum atomic E-state index is 12.6. The van der Waals surface area contributed by atoms with Gasteiger partial charge < -0.3 is 9.84 Å². The smallest absolute Gasteiger partial charge is 0.282 e. The summed E-state index contributed by atoms with van der Waals surface area (Å²) in [6.45, 7) is 1.85. The number of amides is 2. The Labute approximate surface area is 149 Å². The lowest BCUT2D eigenvalue weighted by Gasteiger charge is -2.15. The first kappa shape index (κ1) is 16.9. The number of phenols is 1. The summed E-state index contributed by atoms with van der Waals surface area (Å²) in [5.74, 6) is -0.782. The van der Waals surface area contributed by atoms with E-state index in [2.05, 4.69) is 5.43 Å². The third kappa shape index (κ3) is 3.16. The van der Waals surface area contributed by atoms with Crippen LogP contribution in [0.15, 0.2) is 42.0 Å². The highest BCUT2D eigenvalue weighted by Crippen LogP contribution is 2.29. The molecule has 1 aliphatic rings. The highest BCUT2D eigenvalue weighted by atomic mass is 35.5. The lowest BCUT2D eigenvalue weighted by atomic mass is 10.1. The molecule has 3 rings (SSSR count). The lowest BCUT2D eigenvalue weighted by Crippen LogP contribution is -2.35. The van der Waals surface area contributed by atoms with Crippen molar-refractivity contribution in [1.29, 1.82) is 0 Å². The van der Waals surface area contributed by atoms with Crippen LogP contribution in [0.25, 0.3) is 6.08 Å². The fourth-order valence-electron chi connectivity index (χ4n) is 2.41. The first-order valence-corrected chi connectivity index (χ1v) is 7.79. The minimum Gasteiger partial charge on any atom is -0.504 e. The maximum Gasteiger partial charge on any atom is 0.282 e. The van der Waals surface area contributed by atoms with Crippen molar-refractivity contribution in [3.63, 3.8) is 0 Å². The Morgan fingerprint density at radius 2 is 1.96 bits per heavy atom. The number of nitrogens with one attached hydrogen (secondary N) is 1.